The molecule has 7 heteroatoms. The minimum Gasteiger partial charge on any atom is -0.507 e. The van der Waals surface area contributed by atoms with Crippen LogP contribution in [0.15, 0.2) is 84.4 Å². The van der Waals surface area contributed by atoms with E-state index in [4.69, 9.17) is 0 Å². The molecule has 0 saturated carbocycles. The zero-order valence-corrected chi connectivity index (χ0v) is 16.3. The van der Waals surface area contributed by atoms with Crippen LogP contribution in [0.5, 0.6) is 5.75 Å². The molecule has 152 valence electrons. The monoisotopic (exact) mass is 412 g/mol. The molecule has 1 amide bonds. The van der Waals surface area contributed by atoms with Crippen LogP contribution in [-0.2, 0) is 4.79 Å². The number of aliphatic imine (C=N–C) groups is 1. The van der Waals surface area contributed by atoms with Gasteiger partial charge in [0.15, 0.2) is 0 Å². The number of aromatic hydroxyl groups is 1. The van der Waals surface area contributed by atoms with Gasteiger partial charge in [-0.1, -0.05) is 30.3 Å². The van der Waals surface area contributed by atoms with Gasteiger partial charge in [-0.05, 0) is 29.8 Å². The van der Waals surface area contributed by atoms with Crippen LogP contribution in [0.2, 0.25) is 0 Å². The molecule has 2 heterocycles. The highest BCUT2D eigenvalue weighted by Gasteiger charge is 2.21. The van der Waals surface area contributed by atoms with E-state index >= 15 is 0 Å². The van der Waals surface area contributed by atoms with Crippen molar-refractivity contribution in [1.82, 2.24) is 9.55 Å². The summed E-state index contributed by atoms with van der Waals surface area (Å²) in [7, 11) is 0. The van der Waals surface area contributed by atoms with E-state index in [0.717, 1.165) is 11.3 Å². The first-order valence-electron chi connectivity index (χ1n) is 9.66. The molecular formula is C24H17FN4O2. The number of carbonyl (C=O) groups is 1. The van der Waals surface area contributed by atoms with Crippen molar-refractivity contribution in [3.8, 4) is 22.6 Å². The number of anilines is 1. The largest absolute Gasteiger partial charge is 0.507 e. The number of amides is 1. The molecule has 1 aromatic heterocycles. The minimum atomic E-state index is -0.460. The highest BCUT2D eigenvalue weighted by Crippen LogP contribution is 2.40. The number of nitrogens with one attached hydrogen (secondary N) is 1. The molecule has 2 N–H and O–H groups in total. The zero-order chi connectivity index (χ0) is 21.4. The number of rotatable bonds is 3. The van der Waals surface area contributed by atoms with Crippen LogP contribution in [0.4, 0.5) is 15.8 Å². The van der Waals surface area contributed by atoms with Crippen LogP contribution in [0, 0.1) is 5.82 Å². The maximum Gasteiger partial charge on any atom is 0.230 e. The van der Waals surface area contributed by atoms with Crippen molar-refractivity contribution in [2.75, 3.05) is 5.32 Å². The standard InChI is InChI=1S/C24H17FN4O2/c25-19-7-2-1-6-17(19)18-11-21-22(12-23(18)30)27-20(13-24(31)28-21)15-4-3-5-16(10-15)29-9-8-26-14-29/h1-12,14,30H,13H2,(H,28,31). The number of carbonyl (C=O) groups excluding carboxylic acids is 1. The van der Waals surface area contributed by atoms with Crippen molar-refractivity contribution >= 4 is 23.0 Å². The van der Waals surface area contributed by atoms with Crippen molar-refractivity contribution in [3.05, 3.63) is 90.8 Å². The summed E-state index contributed by atoms with van der Waals surface area (Å²) in [6.07, 6.45) is 5.28. The highest BCUT2D eigenvalue weighted by atomic mass is 19.1. The average Bonchev–Trinajstić information content (AvgIpc) is 3.25. The smallest absolute Gasteiger partial charge is 0.230 e. The van der Waals surface area contributed by atoms with E-state index in [-0.39, 0.29) is 29.2 Å². The Kier molecular flexibility index (Phi) is 4.55. The van der Waals surface area contributed by atoms with Gasteiger partial charge in [0, 0.05) is 35.3 Å². The van der Waals surface area contributed by atoms with Crippen molar-refractivity contribution in [2.45, 2.75) is 6.42 Å². The molecule has 0 bridgehead atoms. The van der Waals surface area contributed by atoms with Gasteiger partial charge in [0.05, 0.1) is 29.8 Å². The molecule has 1 aliphatic rings. The summed E-state index contributed by atoms with van der Waals surface area (Å²) in [5.41, 5.74) is 3.60. The first kappa shape index (κ1) is 18.7. The molecule has 0 spiro atoms. The van der Waals surface area contributed by atoms with E-state index in [9.17, 15) is 14.3 Å². The minimum absolute atomic E-state index is 0.0673. The van der Waals surface area contributed by atoms with Crippen LogP contribution in [0.1, 0.15) is 12.0 Å². The molecule has 0 aliphatic carbocycles. The molecule has 0 fully saturated rings. The molecule has 31 heavy (non-hydrogen) atoms. The summed E-state index contributed by atoms with van der Waals surface area (Å²) in [4.78, 5) is 21.3. The van der Waals surface area contributed by atoms with E-state index in [1.807, 2.05) is 35.0 Å². The zero-order valence-electron chi connectivity index (χ0n) is 16.3. The van der Waals surface area contributed by atoms with E-state index in [1.165, 1.54) is 12.1 Å². The number of halogens is 1. The Hall–Kier alpha value is -4.26. The predicted molar refractivity (Wildman–Crippen MR) is 117 cm³/mol. The van der Waals surface area contributed by atoms with Gasteiger partial charge < -0.3 is 15.0 Å². The van der Waals surface area contributed by atoms with Gasteiger partial charge in [0.25, 0.3) is 0 Å². The number of phenolic OH excluding ortho intramolecular Hbond substituents is 1. The SMILES string of the molecule is O=C1CC(c2cccc(-n3ccnc3)c2)=Nc2cc(O)c(-c3ccccc3F)cc2N1. The lowest BCUT2D eigenvalue weighted by molar-refractivity contribution is -0.115. The Bertz CT molecular complexity index is 1330. The fourth-order valence-corrected chi connectivity index (χ4v) is 3.62. The number of hydrogen-bond donors (Lipinski definition) is 2. The maximum absolute atomic E-state index is 14.2. The number of fused-ring (bicyclic) bond motifs is 1. The number of benzene rings is 3. The molecule has 3 aromatic carbocycles. The lowest BCUT2D eigenvalue weighted by atomic mass is 10.0. The predicted octanol–water partition coefficient (Wildman–Crippen LogP) is 4.85. The third-order valence-corrected chi connectivity index (χ3v) is 5.12. The third-order valence-electron chi connectivity index (χ3n) is 5.12. The van der Waals surface area contributed by atoms with Crippen LogP contribution in [-0.4, -0.2) is 26.3 Å². The second-order valence-electron chi connectivity index (χ2n) is 7.17. The lowest BCUT2D eigenvalue weighted by Gasteiger charge is -2.11. The Morgan fingerprint density at radius 3 is 2.71 bits per heavy atom. The molecule has 6 nitrogen and oxygen atoms in total. The molecule has 0 atom stereocenters. The highest BCUT2D eigenvalue weighted by molar-refractivity contribution is 6.17. The summed E-state index contributed by atoms with van der Waals surface area (Å²) in [6, 6.07) is 16.8. The third kappa shape index (κ3) is 3.57. The second kappa shape index (κ2) is 7.53. The van der Waals surface area contributed by atoms with Gasteiger partial charge in [-0.15, -0.1) is 0 Å². The number of hydrogen-bond acceptors (Lipinski definition) is 4. The molecule has 1 aliphatic heterocycles. The Balaban J connectivity index is 1.60. The number of imidazole rings is 1. The van der Waals surface area contributed by atoms with E-state index in [0.29, 0.717) is 17.1 Å². The Morgan fingerprint density at radius 1 is 1.03 bits per heavy atom. The van der Waals surface area contributed by atoms with Crippen LogP contribution in [0.3, 0.4) is 0 Å². The lowest BCUT2D eigenvalue weighted by Crippen LogP contribution is -2.15. The number of phenols is 1. The van der Waals surface area contributed by atoms with Crippen LogP contribution < -0.4 is 5.32 Å². The number of nitrogens with zero attached hydrogens (tertiary/aromatic N) is 3. The topological polar surface area (TPSA) is 79.5 Å². The summed E-state index contributed by atoms with van der Waals surface area (Å²) >= 11 is 0. The van der Waals surface area contributed by atoms with Crippen molar-refractivity contribution in [2.24, 2.45) is 4.99 Å². The molecule has 0 unspecified atom stereocenters. The second-order valence-corrected chi connectivity index (χ2v) is 7.17. The Morgan fingerprint density at radius 2 is 1.90 bits per heavy atom. The summed E-state index contributed by atoms with van der Waals surface area (Å²) in [6.45, 7) is 0. The molecular weight excluding hydrogens is 395 g/mol. The van der Waals surface area contributed by atoms with E-state index in [1.54, 1.807) is 36.8 Å². The van der Waals surface area contributed by atoms with Gasteiger partial charge >= 0.3 is 0 Å². The van der Waals surface area contributed by atoms with E-state index in [2.05, 4.69) is 15.3 Å². The quantitative estimate of drug-likeness (QED) is 0.472. The first-order chi connectivity index (χ1) is 15.1. The maximum atomic E-state index is 14.2. The molecule has 5 rings (SSSR count). The van der Waals surface area contributed by atoms with Crippen LogP contribution in [0.25, 0.3) is 16.8 Å². The van der Waals surface area contributed by atoms with Gasteiger partial charge in [-0.2, -0.15) is 0 Å². The normalized spacial score (nSPS) is 13.2. The van der Waals surface area contributed by atoms with Crippen molar-refractivity contribution < 1.29 is 14.3 Å². The summed E-state index contributed by atoms with van der Waals surface area (Å²) in [5.74, 6) is -0.816. The van der Waals surface area contributed by atoms with Crippen molar-refractivity contribution in [1.29, 1.82) is 0 Å². The fraction of sp³-hybridized carbons (Fsp3) is 0.0417. The molecule has 4 aromatic rings. The fourth-order valence-electron chi connectivity index (χ4n) is 3.62. The molecule has 0 radical (unpaired) electrons. The first-order valence-corrected chi connectivity index (χ1v) is 9.66. The van der Waals surface area contributed by atoms with Gasteiger partial charge in [-0.3, -0.25) is 4.79 Å². The average molecular weight is 412 g/mol. The Labute approximate surface area is 177 Å². The summed E-state index contributed by atoms with van der Waals surface area (Å²) in [5, 5.41) is 13.4. The summed E-state index contributed by atoms with van der Waals surface area (Å²) < 4.78 is 16.1. The van der Waals surface area contributed by atoms with Crippen molar-refractivity contribution in [3.63, 3.8) is 0 Å². The van der Waals surface area contributed by atoms with Gasteiger partial charge in [0.1, 0.15) is 11.6 Å². The molecule has 0 saturated heterocycles. The van der Waals surface area contributed by atoms with Crippen LogP contribution >= 0.6 is 0 Å². The van der Waals surface area contributed by atoms with Gasteiger partial charge in [0.2, 0.25) is 5.91 Å². The van der Waals surface area contributed by atoms with E-state index < -0.39 is 5.82 Å². The number of aromatic nitrogens is 2. The van der Waals surface area contributed by atoms with Gasteiger partial charge in [-0.25, -0.2) is 14.4 Å².